The number of halogens is 2. The van der Waals surface area contributed by atoms with Crippen LogP contribution in [0.2, 0.25) is 0 Å². The van der Waals surface area contributed by atoms with Crippen LogP contribution in [0.5, 0.6) is 11.5 Å². The molecular formula is C102H89F2Ir2N7O4Pt-2. The second kappa shape index (κ2) is 42.3. The Kier molecular flexibility index (Phi) is 32.2. The fraction of sp³-hybridized carbons (Fsp3) is 0.127. The summed E-state index contributed by atoms with van der Waals surface area (Å²) >= 11 is 0. The number of aromatic hydroxyl groups is 2. The molecule has 11 nitrogen and oxygen atoms in total. The van der Waals surface area contributed by atoms with Gasteiger partial charge in [0.2, 0.25) is 12.1 Å². The van der Waals surface area contributed by atoms with E-state index in [-0.39, 0.29) is 101 Å². The zero-order valence-electron chi connectivity index (χ0n) is 66.7. The van der Waals surface area contributed by atoms with Crippen LogP contribution in [-0.2, 0) is 83.4 Å². The van der Waals surface area contributed by atoms with Gasteiger partial charge in [-0.3, -0.25) is 9.78 Å². The minimum absolute atomic E-state index is 0. The summed E-state index contributed by atoms with van der Waals surface area (Å²) in [4.78, 5) is 35.5. The van der Waals surface area contributed by atoms with Crippen molar-refractivity contribution in [1.82, 2.24) is 24.9 Å². The first-order valence-corrected chi connectivity index (χ1v) is 37.9. The number of carbonyl (C=O) groups is 1. The molecule has 0 unspecified atom stereocenters. The van der Waals surface area contributed by atoms with Gasteiger partial charge in [0.25, 0.3) is 0 Å². The summed E-state index contributed by atoms with van der Waals surface area (Å²) in [5, 5.41) is 32.8. The first kappa shape index (κ1) is 90.0. The van der Waals surface area contributed by atoms with E-state index in [0.29, 0.717) is 22.5 Å². The topological polar surface area (TPSA) is 149 Å². The fourth-order valence-electron chi connectivity index (χ4n) is 12.9. The molecule has 0 aliphatic carbocycles. The number of rotatable bonds is 11. The summed E-state index contributed by atoms with van der Waals surface area (Å²) in [6.07, 6.45) is 4.62. The van der Waals surface area contributed by atoms with Crippen LogP contribution in [0.3, 0.4) is 0 Å². The Balaban J connectivity index is 0.000000169. The maximum absolute atomic E-state index is 12.5. The molecule has 7 heterocycles. The molecule has 0 saturated carbocycles. The third-order valence-electron chi connectivity index (χ3n) is 18.9. The minimum Gasteiger partial charge on any atom is -0.512 e. The van der Waals surface area contributed by atoms with Crippen LogP contribution in [0.25, 0.3) is 101 Å². The van der Waals surface area contributed by atoms with Gasteiger partial charge in [-0.25, -0.2) is 18.7 Å². The van der Waals surface area contributed by atoms with E-state index in [0.717, 1.165) is 85.1 Å². The summed E-state index contributed by atoms with van der Waals surface area (Å²) in [7, 11) is 0. The zero-order chi connectivity index (χ0) is 81.0. The van der Waals surface area contributed by atoms with E-state index in [1.54, 1.807) is 30.3 Å². The van der Waals surface area contributed by atoms with E-state index < -0.39 is 6.43 Å². The maximum atomic E-state index is 12.5. The maximum Gasteiger partial charge on any atom is 0.232 e. The number of allylic oxidation sites excluding steroid dienone is 2. The summed E-state index contributed by atoms with van der Waals surface area (Å²) in [5.74, 6) is 0.323. The van der Waals surface area contributed by atoms with Gasteiger partial charge >= 0.3 is 0 Å². The molecule has 0 amide bonds. The number of aliphatic hydroxyl groups excluding tert-OH is 1. The largest absolute Gasteiger partial charge is 0.512 e. The van der Waals surface area contributed by atoms with Crippen molar-refractivity contribution in [1.29, 1.82) is 0 Å². The van der Waals surface area contributed by atoms with Gasteiger partial charge in [-0.15, -0.1) is 102 Å². The number of alkyl halides is 2. The van der Waals surface area contributed by atoms with Crippen molar-refractivity contribution in [2.24, 2.45) is 0 Å². The van der Waals surface area contributed by atoms with Crippen molar-refractivity contribution in [3.8, 4) is 90.4 Å². The average Bonchev–Trinajstić information content (AvgIpc) is 1.76. The molecule has 600 valence electrons. The summed E-state index contributed by atoms with van der Waals surface area (Å²) < 4.78 is 27.3. The molecule has 17 rings (SSSR count). The average molecular weight is 2090 g/mol. The Bertz CT molecular complexity index is 5840. The van der Waals surface area contributed by atoms with Gasteiger partial charge in [0.15, 0.2) is 18.5 Å². The van der Waals surface area contributed by atoms with Crippen LogP contribution < -0.4 is 9.47 Å². The minimum atomic E-state index is -2.46. The molecule has 2 radical (unpaired) electrons. The molecule has 0 fully saturated rings. The van der Waals surface area contributed by atoms with Gasteiger partial charge < -0.3 is 30.2 Å². The number of aromatic nitrogens is 6. The third kappa shape index (κ3) is 23.9. The van der Waals surface area contributed by atoms with Crippen molar-refractivity contribution < 1.29 is 94.7 Å². The smallest absolute Gasteiger partial charge is 0.232 e. The normalized spacial score (nSPS) is 11.0. The van der Waals surface area contributed by atoms with Gasteiger partial charge in [-0.05, 0) is 173 Å². The number of phenols is 2. The first-order valence-electron chi connectivity index (χ1n) is 37.9. The summed E-state index contributed by atoms with van der Waals surface area (Å²) in [6, 6.07) is 112. The van der Waals surface area contributed by atoms with Gasteiger partial charge in [-0.2, -0.15) is 4.57 Å². The van der Waals surface area contributed by atoms with E-state index in [2.05, 4.69) is 218 Å². The van der Waals surface area contributed by atoms with Crippen molar-refractivity contribution in [3.05, 3.63) is 392 Å². The molecule has 0 bridgehead atoms. The first-order chi connectivity index (χ1) is 55.5. The van der Waals surface area contributed by atoms with Gasteiger partial charge in [0.05, 0.1) is 45.3 Å². The second-order valence-corrected chi connectivity index (χ2v) is 29.6. The molecule has 0 atom stereocenters. The molecule has 118 heavy (non-hydrogen) atoms. The molecular weight excluding hydrogens is 2000 g/mol. The fourth-order valence-corrected chi connectivity index (χ4v) is 12.9. The number of aryl methyl sites for hydroxylation is 1. The van der Waals surface area contributed by atoms with Gasteiger partial charge in [0.1, 0.15) is 11.5 Å². The number of para-hydroxylation sites is 5. The number of hydrogen-bond acceptors (Lipinski definition) is 10. The zero-order valence-corrected chi connectivity index (χ0v) is 73.8. The van der Waals surface area contributed by atoms with Crippen LogP contribution in [0.1, 0.15) is 89.6 Å². The Hall–Kier alpha value is -11.9. The third-order valence-corrected chi connectivity index (χ3v) is 18.9. The predicted octanol–water partition coefficient (Wildman–Crippen LogP) is 25.2. The Morgan fingerprint density at radius 1 is 0.483 bits per heavy atom. The van der Waals surface area contributed by atoms with E-state index in [9.17, 15) is 23.8 Å². The summed E-state index contributed by atoms with van der Waals surface area (Å²) in [5.41, 5.74) is 21.2. The number of anilines is 3. The van der Waals surface area contributed by atoms with Crippen molar-refractivity contribution >= 4 is 44.5 Å². The van der Waals surface area contributed by atoms with Crippen LogP contribution in [0.15, 0.2) is 346 Å². The molecule has 0 saturated heterocycles. The van der Waals surface area contributed by atoms with E-state index >= 15 is 0 Å². The molecule has 1 aliphatic rings. The second-order valence-electron chi connectivity index (χ2n) is 29.6. The van der Waals surface area contributed by atoms with E-state index in [1.807, 2.05) is 165 Å². The number of hydrogen-bond donors (Lipinski definition) is 3. The molecule has 16 heteroatoms. The van der Waals surface area contributed by atoms with Gasteiger partial charge in [0, 0.05) is 120 Å². The molecule has 6 aromatic heterocycles. The van der Waals surface area contributed by atoms with Crippen LogP contribution in [0.4, 0.5) is 25.8 Å². The molecule has 1 aliphatic heterocycles. The predicted molar refractivity (Wildman–Crippen MR) is 462 cm³/mol. The number of ketones is 1. The van der Waals surface area contributed by atoms with Crippen LogP contribution in [0, 0.1) is 25.1 Å². The van der Waals surface area contributed by atoms with Crippen LogP contribution >= 0.6 is 0 Å². The van der Waals surface area contributed by atoms with Gasteiger partial charge in [-0.1, -0.05) is 193 Å². The number of benzene rings is 10. The van der Waals surface area contributed by atoms with E-state index in [1.165, 1.54) is 70.9 Å². The number of fused-ring (bicyclic) bond motifs is 5. The Morgan fingerprint density at radius 3 is 1.51 bits per heavy atom. The molecule has 3 N–H and O–H groups in total. The molecule has 16 aromatic rings. The number of aliphatic hydroxyl groups is 1. The van der Waals surface area contributed by atoms with Crippen molar-refractivity contribution in [2.45, 2.75) is 86.1 Å². The number of nitrogens with zero attached hydrogens (tertiary/aromatic N) is 7. The molecule has 10 aromatic carbocycles. The Labute approximate surface area is 731 Å². The SMILES string of the molecule is CC(=O)C=C(C)O.CC(C)(C)c1cc(-c2cc(C(C)(C)C)cc(-c3ccccc3O)n2)nc(-c2ccccc2O)c1.Cc1ccc(-c2[c-]cccc2)nc1.FC(F)c1c[c-]c(-c2ccc3ccccc3n2)cc1.[Ir].[Ir].[Pt].[c-]1ccccc1-c1nccc2ccccc12.c1ccc(N(c2ccccc2)c2cc[n+]3c(c2)-c2ccccc2C3)cc1. The summed E-state index contributed by atoms with van der Waals surface area (Å²) in [6.45, 7) is 18.8. The number of phenolic OH excluding ortho intramolecular Hbond substituents is 2. The molecule has 0 spiro atoms. The number of carbonyl (C=O) groups excluding carboxylic acids is 1. The van der Waals surface area contributed by atoms with Crippen molar-refractivity contribution in [3.63, 3.8) is 0 Å². The van der Waals surface area contributed by atoms with E-state index in [4.69, 9.17) is 15.1 Å². The monoisotopic (exact) mass is 2090 g/mol. The van der Waals surface area contributed by atoms with Crippen molar-refractivity contribution in [2.75, 3.05) is 4.90 Å². The standard InChI is InChI=1S/C30H32N2O2.C24H19N2.C16H10F2N.C15H10N.C12H10N.C5H8O2.2Ir.Pt/c1-29(2,3)19-15-23(21-11-7-9-13-27(21)33)31-25(17-19)26-18-20(30(4,5)6)16-24(32-26)22-12-8-10-14-28(22)34;1-3-10-20(11-4-1)26(21-12-5-2-6-13-21)22-15-16-25-18-19-9-7-8-14-23(19)24(25)17-22;17-16(18)13-7-5-12(6-8-13)15-10-9-11-3-1-2-4-14(11)19-15;1-2-7-13(8-3-1)15-14-9-5-4-6-12(14)10-11-16-15;1-10-7-8-12(13-9-10)11-5-3-2-4-6-11;1-4(6)3-5(2)7;;;/h7-18,33-34H,1-6H3;1-17H,18H2;1-5,7-10,16H;1-7,9-11H;2-5,7-9H,1H3;3,6H,1-2H3;;;/q;+1;3*-1;;;;. The Morgan fingerprint density at radius 2 is 0.992 bits per heavy atom. The number of pyridine rings is 6. The quantitative estimate of drug-likeness (QED) is 0.0494. The van der Waals surface area contributed by atoms with Crippen LogP contribution in [-0.4, -0.2) is 46.0 Å².